The molecule has 2 rings (SSSR count). The molecular weight excluding hydrogens is 301 g/mol. The highest BCUT2D eigenvalue weighted by Crippen LogP contribution is 2.32. The van der Waals surface area contributed by atoms with Crippen molar-refractivity contribution in [2.75, 3.05) is 11.1 Å². The highest BCUT2D eigenvalue weighted by atomic mass is 32.2. The summed E-state index contributed by atoms with van der Waals surface area (Å²) in [4.78, 5) is 12.2. The van der Waals surface area contributed by atoms with Gasteiger partial charge in [0.15, 0.2) is 0 Å². The summed E-state index contributed by atoms with van der Waals surface area (Å²) in [5.74, 6) is -4.10. The number of hydrogen-bond acceptors (Lipinski definition) is 3. The monoisotopic (exact) mass is 312 g/mol. The number of rotatable bonds is 4. The first kappa shape index (κ1) is 15.2. The van der Waals surface area contributed by atoms with E-state index in [-0.39, 0.29) is 21.8 Å². The van der Waals surface area contributed by atoms with Gasteiger partial charge in [-0.25, -0.2) is 4.39 Å². The van der Waals surface area contributed by atoms with Crippen molar-refractivity contribution >= 4 is 29.0 Å². The summed E-state index contributed by atoms with van der Waals surface area (Å²) in [5.41, 5.74) is 5.68. The average Bonchev–Trinajstić information content (AvgIpc) is 2.43. The van der Waals surface area contributed by atoms with Crippen LogP contribution in [0.1, 0.15) is 10.4 Å². The molecule has 3 nitrogen and oxygen atoms in total. The maximum atomic E-state index is 13.6. The summed E-state index contributed by atoms with van der Waals surface area (Å²) in [6.07, 6.45) is 0. The third-order valence-electron chi connectivity index (χ3n) is 2.59. The van der Waals surface area contributed by atoms with E-state index in [1.165, 1.54) is 24.3 Å². The van der Waals surface area contributed by atoms with Gasteiger partial charge in [-0.05, 0) is 30.3 Å². The molecule has 7 heteroatoms. The van der Waals surface area contributed by atoms with Gasteiger partial charge >= 0.3 is 0 Å². The fourth-order valence-corrected chi connectivity index (χ4v) is 2.27. The van der Waals surface area contributed by atoms with E-state index in [1.54, 1.807) is 12.1 Å². The number of anilines is 2. The molecule has 1 amide bonds. The van der Waals surface area contributed by atoms with Gasteiger partial charge in [0.05, 0.1) is 11.3 Å². The van der Waals surface area contributed by atoms with Crippen LogP contribution in [-0.4, -0.2) is 11.7 Å². The Labute approximate surface area is 123 Å². The largest absolute Gasteiger partial charge is 0.399 e. The normalized spacial score (nSPS) is 10.7. The third-order valence-corrected chi connectivity index (χ3v) is 3.37. The van der Waals surface area contributed by atoms with E-state index < -0.39 is 17.5 Å². The predicted octanol–water partition coefficient (Wildman–Crippen LogP) is 3.97. The van der Waals surface area contributed by atoms with Gasteiger partial charge in [-0.3, -0.25) is 4.79 Å². The molecule has 0 radical (unpaired) electrons. The topological polar surface area (TPSA) is 55.1 Å². The smallest absolute Gasteiger partial charge is 0.288 e. The van der Waals surface area contributed by atoms with Gasteiger partial charge in [0.2, 0.25) is 0 Å². The van der Waals surface area contributed by atoms with Crippen LogP contribution < -0.4 is 11.1 Å². The van der Waals surface area contributed by atoms with Crippen molar-refractivity contribution in [2.24, 2.45) is 0 Å². The molecule has 0 atom stereocenters. The summed E-state index contributed by atoms with van der Waals surface area (Å²) in [6, 6.07) is 9.65. The quantitative estimate of drug-likeness (QED) is 0.663. The Hall–Kier alpha value is -2.15. The Morgan fingerprint density at radius 1 is 1.19 bits per heavy atom. The number of alkyl halides is 2. The van der Waals surface area contributed by atoms with Gasteiger partial charge in [0.1, 0.15) is 5.82 Å². The second-order valence-corrected chi connectivity index (χ2v) is 5.10. The fraction of sp³-hybridized carbons (Fsp3) is 0.0714. The molecule has 0 bridgehead atoms. The molecule has 110 valence electrons. The number of thioether (sulfide) groups is 1. The minimum absolute atomic E-state index is 0.189. The van der Waals surface area contributed by atoms with Crippen molar-refractivity contribution < 1.29 is 18.0 Å². The van der Waals surface area contributed by atoms with Gasteiger partial charge in [0, 0.05) is 10.6 Å². The zero-order valence-electron chi connectivity index (χ0n) is 10.6. The number of hydrogen-bond donors (Lipinski definition) is 2. The van der Waals surface area contributed by atoms with E-state index in [4.69, 9.17) is 5.73 Å². The lowest BCUT2D eigenvalue weighted by Gasteiger charge is -2.11. The maximum absolute atomic E-state index is 13.6. The van der Waals surface area contributed by atoms with Crippen molar-refractivity contribution in [3.63, 3.8) is 0 Å². The van der Waals surface area contributed by atoms with Crippen molar-refractivity contribution in [2.45, 2.75) is 10.7 Å². The van der Waals surface area contributed by atoms with Crippen LogP contribution in [0.4, 0.5) is 24.5 Å². The molecule has 2 aromatic rings. The van der Waals surface area contributed by atoms with E-state index in [9.17, 15) is 18.0 Å². The molecule has 0 fully saturated rings. The average molecular weight is 312 g/mol. The molecule has 0 unspecified atom stereocenters. The summed E-state index contributed by atoms with van der Waals surface area (Å²) in [7, 11) is 0. The lowest BCUT2D eigenvalue weighted by Crippen LogP contribution is -2.14. The molecule has 0 spiro atoms. The Bertz CT molecular complexity index is 664. The third kappa shape index (κ3) is 3.91. The second-order valence-electron chi connectivity index (χ2n) is 4.07. The molecule has 21 heavy (non-hydrogen) atoms. The molecule has 3 N–H and O–H groups in total. The van der Waals surface area contributed by atoms with Gasteiger partial charge in [-0.2, -0.15) is 8.78 Å². The molecule has 0 aliphatic rings. The number of carbonyl (C=O) groups is 1. The predicted molar refractivity (Wildman–Crippen MR) is 77.1 cm³/mol. The van der Waals surface area contributed by atoms with E-state index in [2.05, 4.69) is 5.32 Å². The van der Waals surface area contributed by atoms with Crippen LogP contribution in [0.15, 0.2) is 47.4 Å². The van der Waals surface area contributed by atoms with Crippen LogP contribution in [0.3, 0.4) is 0 Å². The SMILES string of the molecule is Nc1ccc(F)c(C(=O)Nc2ccccc2SC(F)F)c1. The molecule has 0 heterocycles. The van der Waals surface area contributed by atoms with E-state index in [0.717, 1.165) is 6.07 Å². The number of para-hydroxylation sites is 1. The zero-order chi connectivity index (χ0) is 15.4. The summed E-state index contributed by atoms with van der Waals surface area (Å²) >= 11 is 0.303. The van der Waals surface area contributed by atoms with Crippen molar-refractivity contribution in [1.82, 2.24) is 0 Å². The zero-order valence-corrected chi connectivity index (χ0v) is 11.5. The molecule has 0 aliphatic carbocycles. The van der Waals surface area contributed by atoms with Crippen LogP contribution >= 0.6 is 11.8 Å². The number of amides is 1. The van der Waals surface area contributed by atoms with Crippen LogP contribution in [0.25, 0.3) is 0 Å². The summed E-state index contributed by atoms with van der Waals surface area (Å²) in [5, 5.41) is 2.41. The van der Waals surface area contributed by atoms with E-state index in [1.807, 2.05) is 0 Å². The number of carbonyl (C=O) groups excluding carboxylic acids is 1. The van der Waals surface area contributed by atoms with Crippen molar-refractivity contribution in [3.05, 3.63) is 53.8 Å². The molecule has 0 saturated heterocycles. The highest BCUT2D eigenvalue weighted by Gasteiger charge is 2.15. The Balaban J connectivity index is 2.25. The molecule has 0 aliphatic heterocycles. The summed E-state index contributed by atoms with van der Waals surface area (Å²) in [6.45, 7) is 0. The minimum atomic E-state index is -2.62. The molecule has 0 saturated carbocycles. The lowest BCUT2D eigenvalue weighted by atomic mass is 10.1. The van der Waals surface area contributed by atoms with Gasteiger partial charge < -0.3 is 11.1 Å². The molecule has 2 aromatic carbocycles. The van der Waals surface area contributed by atoms with Crippen LogP contribution in [-0.2, 0) is 0 Å². The number of nitrogens with two attached hydrogens (primary N) is 1. The van der Waals surface area contributed by atoms with Crippen LogP contribution in [0, 0.1) is 5.82 Å². The van der Waals surface area contributed by atoms with Gasteiger partial charge in [0.25, 0.3) is 11.7 Å². The van der Waals surface area contributed by atoms with Gasteiger partial charge in [-0.15, -0.1) is 0 Å². The van der Waals surface area contributed by atoms with Crippen molar-refractivity contribution in [1.29, 1.82) is 0 Å². The first-order chi connectivity index (χ1) is 9.97. The number of nitrogen functional groups attached to an aromatic ring is 1. The summed E-state index contributed by atoms with van der Waals surface area (Å²) < 4.78 is 38.5. The Morgan fingerprint density at radius 2 is 1.90 bits per heavy atom. The van der Waals surface area contributed by atoms with Gasteiger partial charge in [-0.1, -0.05) is 23.9 Å². The molecule has 0 aromatic heterocycles. The Morgan fingerprint density at radius 3 is 2.62 bits per heavy atom. The Kier molecular flexibility index (Phi) is 4.74. The first-order valence-electron chi connectivity index (χ1n) is 5.87. The minimum Gasteiger partial charge on any atom is -0.399 e. The fourth-order valence-electron chi connectivity index (χ4n) is 1.68. The number of nitrogens with one attached hydrogen (secondary N) is 1. The number of halogens is 3. The standard InChI is InChI=1S/C14H11F3N2OS/c15-10-6-5-8(18)7-9(10)13(20)19-11-3-1-2-4-12(11)21-14(16)17/h1-7,14H,18H2,(H,19,20). The van der Waals surface area contributed by atoms with Crippen LogP contribution in [0.2, 0.25) is 0 Å². The van der Waals surface area contributed by atoms with E-state index >= 15 is 0 Å². The second kappa shape index (κ2) is 6.53. The van der Waals surface area contributed by atoms with Crippen molar-refractivity contribution in [3.8, 4) is 0 Å². The molecular formula is C14H11F3N2OS. The lowest BCUT2D eigenvalue weighted by molar-refractivity contribution is 0.102. The van der Waals surface area contributed by atoms with E-state index in [0.29, 0.717) is 11.8 Å². The first-order valence-corrected chi connectivity index (χ1v) is 6.75. The maximum Gasteiger partial charge on any atom is 0.288 e. The highest BCUT2D eigenvalue weighted by molar-refractivity contribution is 7.99. The van der Waals surface area contributed by atoms with Crippen LogP contribution in [0.5, 0.6) is 0 Å². The number of benzene rings is 2.